The van der Waals surface area contributed by atoms with Gasteiger partial charge in [-0.15, -0.1) is 0 Å². The van der Waals surface area contributed by atoms with E-state index < -0.39 is 6.10 Å². The SMILES string of the molecule is CCCc1ccc2c(c1)C(N(C)CCOc1ccc(CC(OC)C(=O)OCC)cc1)c1ccc(CCc3ccccc3)cc1CC2. The van der Waals surface area contributed by atoms with Gasteiger partial charge in [0, 0.05) is 20.1 Å². The molecule has 2 atom stereocenters. The summed E-state index contributed by atoms with van der Waals surface area (Å²) in [7, 11) is 3.77. The van der Waals surface area contributed by atoms with E-state index >= 15 is 0 Å². The van der Waals surface area contributed by atoms with Crippen LogP contribution in [0.5, 0.6) is 5.75 Å². The number of carbonyl (C=O) groups is 1. The summed E-state index contributed by atoms with van der Waals surface area (Å²) in [5.41, 5.74) is 11.0. The van der Waals surface area contributed by atoms with Gasteiger partial charge in [-0.05, 0) is 103 Å². The number of nitrogens with zero attached hydrogens (tertiary/aromatic N) is 1. The van der Waals surface area contributed by atoms with E-state index in [1.807, 2.05) is 24.3 Å². The number of hydrogen-bond donors (Lipinski definition) is 0. The van der Waals surface area contributed by atoms with Gasteiger partial charge in [0.2, 0.25) is 0 Å². The summed E-state index contributed by atoms with van der Waals surface area (Å²) in [5.74, 6) is 0.484. The van der Waals surface area contributed by atoms with Crippen LogP contribution in [0.25, 0.3) is 0 Å². The Labute approximate surface area is 275 Å². The molecule has 2 unspecified atom stereocenters. The van der Waals surface area contributed by atoms with Gasteiger partial charge in [-0.2, -0.15) is 0 Å². The molecule has 0 aromatic heterocycles. The first kappa shape index (κ1) is 33.4. The third-order valence-electron chi connectivity index (χ3n) is 9.09. The van der Waals surface area contributed by atoms with Gasteiger partial charge >= 0.3 is 5.97 Å². The van der Waals surface area contributed by atoms with E-state index in [1.165, 1.54) is 46.1 Å². The Morgan fingerprint density at radius 1 is 0.783 bits per heavy atom. The first-order chi connectivity index (χ1) is 22.5. The summed E-state index contributed by atoms with van der Waals surface area (Å²) in [6.45, 7) is 5.75. The molecule has 5 rings (SSSR count). The number of esters is 1. The minimum absolute atomic E-state index is 0.173. The molecule has 0 N–H and O–H groups in total. The van der Waals surface area contributed by atoms with Crippen molar-refractivity contribution in [1.82, 2.24) is 4.90 Å². The fourth-order valence-electron chi connectivity index (χ4n) is 6.58. The highest BCUT2D eigenvalue weighted by Crippen LogP contribution is 2.37. The largest absolute Gasteiger partial charge is 0.492 e. The number of likely N-dealkylation sites (N-methyl/N-ethyl adjacent to an activating group) is 1. The highest BCUT2D eigenvalue weighted by molar-refractivity contribution is 5.75. The molecule has 4 aromatic carbocycles. The molecule has 0 spiro atoms. The Morgan fingerprint density at radius 3 is 2.22 bits per heavy atom. The molecule has 0 aliphatic heterocycles. The number of methoxy groups -OCH3 is 1. The molecule has 0 heterocycles. The van der Waals surface area contributed by atoms with Crippen LogP contribution in [0, 0.1) is 0 Å². The topological polar surface area (TPSA) is 48.0 Å². The summed E-state index contributed by atoms with van der Waals surface area (Å²) in [6, 6.07) is 33.2. The lowest BCUT2D eigenvalue weighted by Gasteiger charge is -2.31. The number of aryl methyl sites for hydroxylation is 5. The van der Waals surface area contributed by atoms with Gasteiger partial charge in [0.05, 0.1) is 12.6 Å². The van der Waals surface area contributed by atoms with Crippen molar-refractivity contribution >= 4 is 5.97 Å². The quantitative estimate of drug-likeness (QED) is 0.127. The maximum absolute atomic E-state index is 12.1. The average Bonchev–Trinajstić information content (AvgIpc) is 3.24. The summed E-state index contributed by atoms with van der Waals surface area (Å²) in [6.07, 6.45) is 6.32. The second-order valence-electron chi connectivity index (χ2n) is 12.4. The summed E-state index contributed by atoms with van der Waals surface area (Å²) >= 11 is 0. The zero-order valence-corrected chi connectivity index (χ0v) is 28.0. The van der Waals surface area contributed by atoms with Gasteiger partial charge in [0.1, 0.15) is 12.4 Å². The predicted molar refractivity (Wildman–Crippen MR) is 186 cm³/mol. The van der Waals surface area contributed by atoms with Crippen LogP contribution >= 0.6 is 0 Å². The highest BCUT2D eigenvalue weighted by Gasteiger charge is 2.27. The molecule has 0 amide bonds. The van der Waals surface area contributed by atoms with E-state index in [0.29, 0.717) is 19.6 Å². The van der Waals surface area contributed by atoms with E-state index in [1.54, 1.807) is 6.92 Å². The predicted octanol–water partition coefficient (Wildman–Crippen LogP) is 7.74. The third kappa shape index (κ3) is 8.65. The van der Waals surface area contributed by atoms with Crippen LogP contribution in [0.4, 0.5) is 0 Å². The summed E-state index contributed by atoms with van der Waals surface area (Å²) < 4.78 is 16.7. The third-order valence-corrected chi connectivity index (χ3v) is 9.09. The zero-order chi connectivity index (χ0) is 32.3. The Hall–Kier alpha value is -3.93. The molecule has 0 bridgehead atoms. The molecule has 242 valence electrons. The van der Waals surface area contributed by atoms with Crippen molar-refractivity contribution in [2.75, 3.05) is 33.9 Å². The minimum Gasteiger partial charge on any atom is -0.492 e. The van der Waals surface area contributed by atoms with E-state index in [4.69, 9.17) is 14.2 Å². The molecule has 46 heavy (non-hydrogen) atoms. The van der Waals surface area contributed by atoms with Gasteiger partial charge in [-0.25, -0.2) is 4.79 Å². The maximum atomic E-state index is 12.1. The summed E-state index contributed by atoms with van der Waals surface area (Å²) in [4.78, 5) is 14.6. The second kappa shape index (κ2) is 16.6. The molecule has 5 heteroatoms. The average molecular weight is 620 g/mol. The van der Waals surface area contributed by atoms with Crippen molar-refractivity contribution in [3.05, 3.63) is 136 Å². The second-order valence-corrected chi connectivity index (χ2v) is 12.4. The minimum atomic E-state index is -0.608. The Kier molecular flexibility index (Phi) is 12.0. The lowest BCUT2D eigenvalue weighted by Crippen LogP contribution is -2.30. The van der Waals surface area contributed by atoms with Crippen molar-refractivity contribution in [3.8, 4) is 5.75 Å². The van der Waals surface area contributed by atoms with Gasteiger partial charge in [0.15, 0.2) is 6.10 Å². The van der Waals surface area contributed by atoms with Crippen LogP contribution in [0.1, 0.15) is 70.8 Å². The Bertz CT molecular complexity index is 1550. The molecule has 5 nitrogen and oxygen atoms in total. The molecule has 4 aromatic rings. The molecule has 0 saturated heterocycles. The van der Waals surface area contributed by atoms with Crippen LogP contribution in [0.2, 0.25) is 0 Å². The van der Waals surface area contributed by atoms with E-state index in [9.17, 15) is 4.79 Å². The normalized spacial score (nSPS) is 14.7. The van der Waals surface area contributed by atoms with Crippen LogP contribution in [-0.2, 0) is 52.8 Å². The van der Waals surface area contributed by atoms with Crippen LogP contribution in [0.15, 0.2) is 91.0 Å². The summed E-state index contributed by atoms with van der Waals surface area (Å²) in [5, 5.41) is 0. The number of ether oxygens (including phenoxy) is 3. The number of carbonyl (C=O) groups excluding carboxylic acids is 1. The molecular formula is C41H49NO4. The molecular weight excluding hydrogens is 570 g/mol. The standard InChI is InChI=1S/C41H49NO4/c1-5-10-31-15-19-34-20-21-35-27-32(14-13-30-11-8-7-9-12-30)18-24-37(35)40(38(34)28-31)42(3)25-26-46-36-22-16-33(17-23-36)29-39(44-4)41(43)45-6-2/h7-9,11-12,15-19,22-24,27-28,39-40H,5-6,10,13-14,20-21,25-26,29H2,1-4H3. The van der Waals surface area contributed by atoms with Crippen LogP contribution in [0.3, 0.4) is 0 Å². The number of rotatable bonds is 15. The maximum Gasteiger partial charge on any atom is 0.335 e. The number of hydrogen-bond acceptors (Lipinski definition) is 5. The lowest BCUT2D eigenvalue weighted by atomic mass is 9.90. The van der Waals surface area contributed by atoms with Crippen molar-refractivity contribution in [2.45, 2.75) is 70.9 Å². The molecule has 0 saturated carbocycles. The fraction of sp³-hybridized carbons (Fsp3) is 0.390. The smallest absolute Gasteiger partial charge is 0.335 e. The Balaban J connectivity index is 1.29. The monoisotopic (exact) mass is 619 g/mol. The molecule has 1 aliphatic carbocycles. The Morgan fingerprint density at radius 2 is 1.48 bits per heavy atom. The van der Waals surface area contributed by atoms with Gasteiger partial charge < -0.3 is 14.2 Å². The van der Waals surface area contributed by atoms with Crippen molar-refractivity contribution in [2.24, 2.45) is 0 Å². The van der Waals surface area contributed by atoms with E-state index in [2.05, 4.69) is 85.6 Å². The zero-order valence-electron chi connectivity index (χ0n) is 28.0. The molecule has 1 aliphatic rings. The van der Waals surface area contributed by atoms with Gasteiger partial charge in [-0.1, -0.05) is 92.2 Å². The van der Waals surface area contributed by atoms with Gasteiger partial charge in [0.25, 0.3) is 0 Å². The van der Waals surface area contributed by atoms with Crippen LogP contribution < -0.4 is 4.74 Å². The lowest BCUT2D eigenvalue weighted by molar-refractivity contribution is -0.154. The first-order valence-electron chi connectivity index (χ1n) is 16.9. The van der Waals surface area contributed by atoms with Crippen LogP contribution in [-0.4, -0.2) is 50.9 Å². The van der Waals surface area contributed by atoms with Gasteiger partial charge in [-0.3, -0.25) is 4.90 Å². The van der Waals surface area contributed by atoms with Crippen molar-refractivity contribution in [3.63, 3.8) is 0 Å². The van der Waals surface area contributed by atoms with Crippen molar-refractivity contribution in [1.29, 1.82) is 0 Å². The molecule has 0 radical (unpaired) electrons. The van der Waals surface area contributed by atoms with E-state index in [0.717, 1.165) is 56.4 Å². The highest BCUT2D eigenvalue weighted by atomic mass is 16.6. The first-order valence-corrected chi connectivity index (χ1v) is 16.9. The van der Waals surface area contributed by atoms with E-state index in [-0.39, 0.29) is 12.0 Å². The number of fused-ring (bicyclic) bond motifs is 2. The number of benzene rings is 4. The fourth-order valence-corrected chi connectivity index (χ4v) is 6.58. The molecule has 0 fully saturated rings. The van der Waals surface area contributed by atoms with Crippen molar-refractivity contribution < 1.29 is 19.0 Å².